The zero-order chi connectivity index (χ0) is 10.8. The summed E-state index contributed by atoms with van der Waals surface area (Å²) in [5.41, 5.74) is 0. The fraction of sp³-hybridized carbons (Fsp3) is 1.00. The standard InChI is InChI=1S/C13H26N2/c1-10-5-4-6-13(10)14-12-7-8-15(3)11(2)9-12/h10-14H,4-9H2,1-3H3. The Morgan fingerprint density at radius 1 is 1.13 bits per heavy atom. The normalized spacial score (nSPS) is 43.4. The predicted molar refractivity (Wildman–Crippen MR) is 65.1 cm³/mol. The zero-order valence-corrected chi connectivity index (χ0v) is 10.5. The molecule has 88 valence electrons. The van der Waals surface area contributed by atoms with Crippen molar-refractivity contribution in [1.82, 2.24) is 10.2 Å². The van der Waals surface area contributed by atoms with Gasteiger partial charge in [-0.15, -0.1) is 0 Å². The van der Waals surface area contributed by atoms with Crippen molar-refractivity contribution in [3.63, 3.8) is 0 Å². The van der Waals surface area contributed by atoms with Gasteiger partial charge in [0.25, 0.3) is 0 Å². The lowest BCUT2D eigenvalue weighted by molar-refractivity contribution is 0.158. The molecule has 1 saturated carbocycles. The smallest absolute Gasteiger partial charge is 0.00967 e. The van der Waals surface area contributed by atoms with Gasteiger partial charge in [-0.1, -0.05) is 13.3 Å². The van der Waals surface area contributed by atoms with Crippen LogP contribution in [0.2, 0.25) is 0 Å². The third-order valence-corrected chi connectivity index (χ3v) is 4.52. The quantitative estimate of drug-likeness (QED) is 0.752. The third kappa shape index (κ3) is 2.73. The van der Waals surface area contributed by atoms with Crippen molar-refractivity contribution in [3.8, 4) is 0 Å². The van der Waals surface area contributed by atoms with Crippen LogP contribution in [0.4, 0.5) is 0 Å². The van der Waals surface area contributed by atoms with Gasteiger partial charge >= 0.3 is 0 Å². The summed E-state index contributed by atoms with van der Waals surface area (Å²) in [4.78, 5) is 2.48. The highest BCUT2D eigenvalue weighted by Crippen LogP contribution is 2.26. The molecular weight excluding hydrogens is 184 g/mol. The fourth-order valence-electron chi connectivity index (χ4n) is 3.14. The Bertz CT molecular complexity index is 205. The highest BCUT2D eigenvalue weighted by molar-refractivity contribution is 4.87. The van der Waals surface area contributed by atoms with E-state index in [1.54, 1.807) is 0 Å². The molecule has 1 N–H and O–H groups in total. The summed E-state index contributed by atoms with van der Waals surface area (Å²) in [6.45, 7) is 6.02. The average Bonchev–Trinajstić information content (AvgIpc) is 2.59. The lowest BCUT2D eigenvalue weighted by atomic mass is 9.96. The predicted octanol–water partition coefficient (Wildman–Crippen LogP) is 2.25. The molecule has 0 bridgehead atoms. The molecule has 15 heavy (non-hydrogen) atoms. The summed E-state index contributed by atoms with van der Waals surface area (Å²) in [5.74, 6) is 0.903. The lowest BCUT2D eigenvalue weighted by Crippen LogP contribution is -2.49. The first-order valence-corrected chi connectivity index (χ1v) is 6.63. The van der Waals surface area contributed by atoms with Crippen molar-refractivity contribution in [2.24, 2.45) is 5.92 Å². The van der Waals surface area contributed by atoms with Gasteiger partial charge in [0, 0.05) is 18.1 Å². The van der Waals surface area contributed by atoms with Gasteiger partial charge in [-0.2, -0.15) is 0 Å². The Morgan fingerprint density at radius 2 is 1.93 bits per heavy atom. The number of hydrogen-bond acceptors (Lipinski definition) is 2. The molecule has 2 heteroatoms. The molecule has 2 aliphatic rings. The fourth-order valence-corrected chi connectivity index (χ4v) is 3.14. The second kappa shape index (κ2) is 4.84. The second-order valence-electron chi connectivity index (χ2n) is 5.73. The Kier molecular flexibility index (Phi) is 3.68. The van der Waals surface area contributed by atoms with Gasteiger partial charge in [-0.05, 0) is 52.1 Å². The molecule has 1 aliphatic heterocycles. The van der Waals surface area contributed by atoms with Gasteiger partial charge < -0.3 is 10.2 Å². The number of hydrogen-bond donors (Lipinski definition) is 1. The molecule has 1 saturated heterocycles. The van der Waals surface area contributed by atoms with Crippen LogP contribution in [-0.2, 0) is 0 Å². The van der Waals surface area contributed by atoms with Crippen molar-refractivity contribution in [1.29, 1.82) is 0 Å². The molecular formula is C13H26N2. The second-order valence-corrected chi connectivity index (χ2v) is 5.73. The lowest BCUT2D eigenvalue weighted by Gasteiger charge is -2.37. The minimum Gasteiger partial charge on any atom is -0.311 e. The van der Waals surface area contributed by atoms with E-state index in [1.165, 1.54) is 38.6 Å². The molecule has 0 radical (unpaired) electrons. The molecule has 2 fully saturated rings. The number of nitrogens with one attached hydrogen (secondary N) is 1. The van der Waals surface area contributed by atoms with E-state index in [0.717, 1.165) is 24.0 Å². The van der Waals surface area contributed by atoms with Crippen LogP contribution in [0.1, 0.15) is 46.0 Å². The first-order valence-electron chi connectivity index (χ1n) is 6.63. The minimum atomic E-state index is 0.757. The molecule has 0 amide bonds. The van der Waals surface area contributed by atoms with Gasteiger partial charge in [-0.25, -0.2) is 0 Å². The Labute approximate surface area is 94.4 Å². The van der Waals surface area contributed by atoms with Gasteiger partial charge in [0.15, 0.2) is 0 Å². The van der Waals surface area contributed by atoms with Crippen LogP contribution in [0.5, 0.6) is 0 Å². The summed E-state index contributed by atoms with van der Waals surface area (Å²) < 4.78 is 0. The molecule has 4 atom stereocenters. The van der Waals surface area contributed by atoms with E-state index in [-0.39, 0.29) is 0 Å². The van der Waals surface area contributed by atoms with Crippen molar-refractivity contribution in [2.45, 2.75) is 64.1 Å². The maximum absolute atomic E-state index is 3.89. The average molecular weight is 210 g/mol. The summed E-state index contributed by atoms with van der Waals surface area (Å²) in [6, 6.07) is 2.35. The molecule has 0 aromatic heterocycles. The van der Waals surface area contributed by atoms with Crippen LogP contribution in [-0.4, -0.2) is 36.6 Å². The van der Waals surface area contributed by atoms with E-state index < -0.39 is 0 Å². The van der Waals surface area contributed by atoms with E-state index in [4.69, 9.17) is 0 Å². The SMILES string of the molecule is CC1CCCC1NC1CCN(C)C(C)C1. The number of nitrogens with zero attached hydrogens (tertiary/aromatic N) is 1. The molecule has 1 aliphatic carbocycles. The maximum atomic E-state index is 3.89. The Balaban J connectivity index is 1.80. The third-order valence-electron chi connectivity index (χ3n) is 4.52. The first-order chi connectivity index (χ1) is 7.16. The van der Waals surface area contributed by atoms with Gasteiger partial charge in [0.2, 0.25) is 0 Å². The molecule has 2 nitrogen and oxygen atoms in total. The summed E-state index contributed by atoms with van der Waals surface area (Å²) in [6.07, 6.45) is 6.94. The Hall–Kier alpha value is -0.0800. The monoisotopic (exact) mass is 210 g/mol. The van der Waals surface area contributed by atoms with Crippen molar-refractivity contribution in [2.75, 3.05) is 13.6 Å². The van der Waals surface area contributed by atoms with Crippen molar-refractivity contribution in [3.05, 3.63) is 0 Å². The highest BCUT2D eigenvalue weighted by Gasteiger charge is 2.28. The van der Waals surface area contributed by atoms with Crippen LogP contribution in [0.3, 0.4) is 0 Å². The van der Waals surface area contributed by atoms with Gasteiger partial charge in [0.1, 0.15) is 0 Å². The van der Waals surface area contributed by atoms with E-state index in [1.807, 2.05) is 0 Å². The Morgan fingerprint density at radius 3 is 2.53 bits per heavy atom. The summed E-state index contributed by atoms with van der Waals surface area (Å²) >= 11 is 0. The number of likely N-dealkylation sites (tertiary alicyclic amines) is 1. The molecule has 0 spiro atoms. The van der Waals surface area contributed by atoms with Crippen LogP contribution < -0.4 is 5.32 Å². The van der Waals surface area contributed by atoms with E-state index in [2.05, 4.69) is 31.1 Å². The maximum Gasteiger partial charge on any atom is 0.00967 e. The van der Waals surface area contributed by atoms with Crippen molar-refractivity contribution < 1.29 is 0 Å². The van der Waals surface area contributed by atoms with E-state index in [9.17, 15) is 0 Å². The first kappa shape index (κ1) is 11.4. The van der Waals surface area contributed by atoms with Gasteiger partial charge in [-0.3, -0.25) is 0 Å². The molecule has 4 unspecified atom stereocenters. The summed E-state index contributed by atoms with van der Waals surface area (Å²) in [5, 5.41) is 3.89. The van der Waals surface area contributed by atoms with Crippen LogP contribution in [0.15, 0.2) is 0 Å². The van der Waals surface area contributed by atoms with Crippen LogP contribution in [0, 0.1) is 5.92 Å². The largest absolute Gasteiger partial charge is 0.311 e. The molecule has 1 heterocycles. The van der Waals surface area contributed by atoms with Crippen LogP contribution in [0.25, 0.3) is 0 Å². The van der Waals surface area contributed by atoms with Gasteiger partial charge in [0.05, 0.1) is 0 Å². The number of piperidine rings is 1. The molecule has 2 rings (SSSR count). The molecule has 0 aromatic rings. The zero-order valence-electron chi connectivity index (χ0n) is 10.5. The van der Waals surface area contributed by atoms with E-state index in [0.29, 0.717) is 0 Å². The molecule has 0 aromatic carbocycles. The topological polar surface area (TPSA) is 15.3 Å². The van der Waals surface area contributed by atoms with E-state index >= 15 is 0 Å². The minimum absolute atomic E-state index is 0.757. The van der Waals surface area contributed by atoms with Crippen molar-refractivity contribution >= 4 is 0 Å². The van der Waals surface area contributed by atoms with Crippen LogP contribution >= 0.6 is 0 Å². The summed E-state index contributed by atoms with van der Waals surface area (Å²) in [7, 11) is 2.25. The highest BCUT2D eigenvalue weighted by atomic mass is 15.1. The number of rotatable bonds is 2.